The van der Waals surface area contributed by atoms with Crippen LogP contribution in [0, 0.1) is 10.1 Å². The number of carbonyl (C=O) groups is 1. The highest BCUT2D eigenvalue weighted by Gasteiger charge is 2.12. The first kappa shape index (κ1) is 15.5. The van der Waals surface area contributed by atoms with Crippen LogP contribution in [0.25, 0.3) is 0 Å². The Labute approximate surface area is 136 Å². The van der Waals surface area contributed by atoms with Crippen LogP contribution in [-0.2, 0) is 0 Å². The molecule has 0 radical (unpaired) electrons. The van der Waals surface area contributed by atoms with Crippen LogP contribution in [0.15, 0.2) is 47.6 Å². The van der Waals surface area contributed by atoms with E-state index in [1.54, 1.807) is 18.2 Å². The molecule has 2 aromatic carbocycles. The van der Waals surface area contributed by atoms with Crippen molar-refractivity contribution in [3.8, 4) is 11.5 Å². The number of hydrazone groups is 1. The molecule has 0 aliphatic carbocycles. The number of amides is 1. The summed E-state index contributed by atoms with van der Waals surface area (Å²) in [7, 11) is 0. The number of hydrogen-bond acceptors (Lipinski definition) is 6. The Hall–Kier alpha value is -3.42. The summed E-state index contributed by atoms with van der Waals surface area (Å²) in [5, 5.41) is 14.6. The molecule has 0 atom stereocenters. The second kappa shape index (κ2) is 6.78. The first-order chi connectivity index (χ1) is 11.6. The molecule has 8 heteroatoms. The Bertz CT molecular complexity index is 819. The third-order valence-electron chi connectivity index (χ3n) is 3.27. The quantitative estimate of drug-likeness (QED) is 0.526. The fourth-order valence-corrected chi connectivity index (χ4v) is 2.13. The average Bonchev–Trinajstić information content (AvgIpc) is 2.61. The molecule has 0 saturated heterocycles. The highest BCUT2D eigenvalue weighted by molar-refractivity contribution is 5.95. The van der Waals surface area contributed by atoms with Gasteiger partial charge in [0.25, 0.3) is 11.6 Å². The second-order valence-electron chi connectivity index (χ2n) is 4.91. The van der Waals surface area contributed by atoms with Gasteiger partial charge >= 0.3 is 0 Å². The van der Waals surface area contributed by atoms with Crippen molar-refractivity contribution in [2.24, 2.45) is 5.10 Å². The lowest BCUT2D eigenvalue weighted by Gasteiger charge is -2.18. The Morgan fingerprint density at radius 2 is 1.96 bits per heavy atom. The molecule has 3 rings (SSSR count). The lowest BCUT2D eigenvalue weighted by atomic mass is 10.2. The summed E-state index contributed by atoms with van der Waals surface area (Å²) >= 11 is 0. The molecule has 0 spiro atoms. The molecule has 0 aromatic heterocycles. The van der Waals surface area contributed by atoms with Crippen molar-refractivity contribution in [1.82, 2.24) is 5.43 Å². The van der Waals surface area contributed by atoms with Crippen molar-refractivity contribution in [1.29, 1.82) is 0 Å². The zero-order valence-electron chi connectivity index (χ0n) is 12.5. The Kier molecular flexibility index (Phi) is 4.37. The van der Waals surface area contributed by atoms with Gasteiger partial charge in [-0.3, -0.25) is 14.9 Å². The highest BCUT2D eigenvalue weighted by Crippen LogP contribution is 2.30. The topological polar surface area (TPSA) is 103 Å². The van der Waals surface area contributed by atoms with Gasteiger partial charge in [-0.2, -0.15) is 5.10 Å². The van der Waals surface area contributed by atoms with Gasteiger partial charge < -0.3 is 9.47 Å². The highest BCUT2D eigenvalue weighted by atomic mass is 16.6. The number of carbonyl (C=O) groups excluding carboxylic acids is 1. The van der Waals surface area contributed by atoms with E-state index in [0.717, 1.165) is 5.56 Å². The molecular formula is C16H13N3O5. The Balaban J connectivity index is 1.66. The molecule has 1 amide bonds. The number of fused-ring (bicyclic) bond motifs is 1. The molecule has 1 heterocycles. The van der Waals surface area contributed by atoms with Gasteiger partial charge in [-0.25, -0.2) is 5.43 Å². The number of hydrogen-bond donors (Lipinski definition) is 1. The smallest absolute Gasteiger partial charge is 0.271 e. The van der Waals surface area contributed by atoms with E-state index in [-0.39, 0.29) is 11.3 Å². The van der Waals surface area contributed by atoms with Crippen LogP contribution < -0.4 is 14.9 Å². The minimum atomic E-state index is -0.560. The minimum absolute atomic E-state index is 0.154. The minimum Gasteiger partial charge on any atom is -0.486 e. The van der Waals surface area contributed by atoms with Crippen LogP contribution in [-0.4, -0.2) is 30.3 Å². The SMILES string of the molecule is O=C(NN=Cc1ccc2c(c1)OCCO2)c1cccc([N+](=O)[O-])c1. The van der Waals surface area contributed by atoms with Crippen molar-refractivity contribution in [3.63, 3.8) is 0 Å². The van der Waals surface area contributed by atoms with Gasteiger partial charge in [-0.1, -0.05) is 6.07 Å². The fraction of sp³-hybridized carbons (Fsp3) is 0.125. The molecule has 2 aromatic rings. The summed E-state index contributed by atoms with van der Waals surface area (Å²) < 4.78 is 10.9. The van der Waals surface area contributed by atoms with Crippen molar-refractivity contribution in [2.75, 3.05) is 13.2 Å². The maximum absolute atomic E-state index is 12.0. The van der Waals surface area contributed by atoms with Gasteiger partial charge in [0, 0.05) is 17.7 Å². The van der Waals surface area contributed by atoms with Crippen LogP contribution in [0.1, 0.15) is 15.9 Å². The number of non-ortho nitro benzene ring substituents is 1. The maximum atomic E-state index is 12.0. The van der Waals surface area contributed by atoms with Gasteiger partial charge in [0.15, 0.2) is 11.5 Å². The van der Waals surface area contributed by atoms with E-state index in [0.29, 0.717) is 24.7 Å². The summed E-state index contributed by atoms with van der Waals surface area (Å²) in [5.74, 6) is 0.752. The second-order valence-corrected chi connectivity index (χ2v) is 4.91. The zero-order chi connectivity index (χ0) is 16.9. The summed E-state index contributed by atoms with van der Waals surface area (Å²) in [6.45, 7) is 0.997. The Morgan fingerprint density at radius 3 is 2.75 bits per heavy atom. The van der Waals surface area contributed by atoms with E-state index >= 15 is 0 Å². The number of benzene rings is 2. The average molecular weight is 327 g/mol. The van der Waals surface area contributed by atoms with Gasteiger partial charge in [0.2, 0.25) is 0 Å². The largest absolute Gasteiger partial charge is 0.486 e. The number of nitro groups is 1. The maximum Gasteiger partial charge on any atom is 0.271 e. The predicted octanol–water partition coefficient (Wildman–Crippen LogP) is 2.13. The number of nitrogens with zero attached hydrogens (tertiary/aromatic N) is 2. The van der Waals surface area contributed by atoms with E-state index in [1.165, 1.54) is 30.5 Å². The Morgan fingerprint density at radius 1 is 1.17 bits per heavy atom. The number of nitro benzene ring substituents is 1. The first-order valence-electron chi connectivity index (χ1n) is 7.11. The summed E-state index contributed by atoms with van der Waals surface area (Å²) in [4.78, 5) is 22.1. The zero-order valence-corrected chi connectivity index (χ0v) is 12.5. The molecular weight excluding hydrogens is 314 g/mol. The fourth-order valence-electron chi connectivity index (χ4n) is 2.13. The lowest BCUT2D eigenvalue weighted by Crippen LogP contribution is -2.18. The van der Waals surface area contributed by atoms with Gasteiger partial charge in [0.05, 0.1) is 11.1 Å². The van der Waals surface area contributed by atoms with Crippen molar-refractivity contribution >= 4 is 17.8 Å². The molecule has 0 saturated carbocycles. The molecule has 1 aliphatic heterocycles. The molecule has 0 unspecified atom stereocenters. The van der Waals surface area contributed by atoms with E-state index < -0.39 is 10.8 Å². The normalized spacial score (nSPS) is 12.8. The molecule has 1 N–H and O–H groups in total. The first-order valence-corrected chi connectivity index (χ1v) is 7.11. The van der Waals surface area contributed by atoms with Crippen LogP contribution >= 0.6 is 0 Å². The van der Waals surface area contributed by atoms with Gasteiger partial charge in [0.1, 0.15) is 13.2 Å². The van der Waals surface area contributed by atoms with Gasteiger partial charge in [-0.05, 0) is 29.8 Å². The molecule has 24 heavy (non-hydrogen) atoms. The number of nitrogens with one attached hydrogen (secondary N) is 1. The standard InChI is InChI=1S/C16H13N3O5/c20-16(12-2-1-3-13(9-12)19(21)22)18-17-10-11-4-5-14-15(8-11)24-7-6-23-14/h1-5,8-10H,6-7H2,(H,18,20). The van der Waals surface area contributed by atoms with E-state index in [4.69, 9.17) is 9.47 Å². The van der Waals surface area contributed by atoms with Crippen molar-refractivity contribution in [3.05, 3.63) is 63.7 Å². The third kappa shape index (κ3) is 3.49. The number of rotatable bonds is 4. The van der Waals surface area contributed by atoms with Crippen molar-refractivity contribution < 1.29 is 19.2 Å². The predicted molar refractivity (Wildman–Crippen MR) is 85.6 cm³/mol. The van der Waals surface area contributed by atoms with Crippen LogP contribution in [0.5, 0.6) is 11.5 Å². The van der Waals surface area contributed by atoms with Crippen LogP contribution in [0.2, 0.25) is 0 Å². The summed E-state index contributed by atoms with van der Waals surface area (Å²) in [6, 6.07) is 10.7. The molecule has 0 fully saturated rings. The summed E-state index contributed by atoms with van der Waals surface area (Å²) in [6.07, 6.45) is 1.45. The molecule has 122 valence electrons. The summed E-state index contributed by atoms with van der Waals surface area (Å²) in [5.41, 5.74) is 3.05. The molecule has 8 nitrogen and oxygen atoms in total. The third-order valence-corrected chi connectivity index (χ3v) is 3.27. The molecule has 0 bridgehead atoms. The number of ether oxygens (including phenoxy) is 2. The van der Waals surface area contributed by atoms with Gasteiger partial charge in [-0.15, -0.1) is 0 Å². The molecule has 1 aliphatic rings. The van der Waals surface area contributed by atoms with E-state index in [9.17, 15) is 14.9 Å². The van der Waals surface area contributed by atoms with Crippen LogP contribution in [0.4, 0.5) is 5.69 Å². The monoisotopic (exact) mass is 327 g/mol. The van der Waals surface area contributed by atoms with Crippen LogP contribution in [0.3, 0.4) is 0 Å². The van der Waals surface area contributed by atoms with E-state index in [1.807, 2.05) is 0 Å². The lowest BCUT2D eigenvalue weighted by molar-refractivity contribution is -0.384. The van der Waals surface area contributed by atoms with E-state index in [2.05, 4.69) is 10.5 Å². The van der Waals surface area contributed by atoms with Crippen molar-refractivity contribution in [2.45, 2.75) is 0 Å².